The van der Waals surface area contributed by atoms with Crippen LogP contribution in [0, 0.1) is 0 Å². The molecule has 0 aromatic carbocycles. The Morgan fingerprint density at radius 1 is 0.825 bits per heavy atom. The lowest BCUT2D eigenvalue weighted by Crippen LogP contribution is -2.49. The molecule has 0 aromatic heterocycles. The molecule has 0 spiro atoms. The molecule has 3 N–H and O–H groups in total. The maximum absolute atomic E-state index is 12.7. The van der Waals surface area contributed by atoms with E-state index in [0.717, 1.165) is 17.1 Å². The lowest BCUT2D eigenvalue weighted by molar-refractivity contribution is -0.156. The first kappa shape index (κ1) is 34.5. The third-order valence-corrected chi connectivity index (χ3v) is 5.13. The molecule has 0 saturated heterocycles. The lowest BCUT2D eigenvalue weighted by Gasteiger charge is -2.23. The van der Waals surface area contributed by atoms with Crippen LogP contribution in [0.15, 0.2) is 12.2 Å². The quantitative estimate of drug-likeness (QED) is 0.141. The molecule has 1 atom stereocenters. The number of nitrogens with zero attached hydrogens (tertiary/aromatic N) is 1. The van der Waals surface area contributed by atoms with Crippen LogP contribution in [0.1, 0.15) is 73.6 Å². The highest BCUT2D eigenvalue weighted by Gasteiger charge is 2.26. The van der Waals surface area contributed by atoms with Gasteiger partial charge in [0.1, 0.15) is 17.2 Å². The van der Waals surface area contributed by atoms with E-state index in [2.05, 4.69) is 16.0 Å². The Hall–Kier alpha value is -3.48. The summed E-state index contributed by atoms with van der Waals surface area (Å²) in [5.41, 5.74) is -1.31. The first-order valence-electron chi connectivity index (χ1n) is 13.4. The lowest BCUT2D eigenvalue weighted by atomic mass is 10.1. The van der Waals surface area contributed by atoms with E-state index in [1.54, 1.807) is 41.5 Å². The third kappa shape index (κ3) is 15.8. The molecule has 0 radical (unpaired) electrons. The van der Waals surface area contributed by atoms with Gasteiger partial charge < -0.3 is 30.2 Å². The van der Waals surface area contributed by atoms with Crippen molar-refractivity contribution < 1.29 is 43.0 Å². The monoisotopic (exact) mass is 568 g/mol. The topological polar surface area (TPSA) is 169 Å². The number of nitrogens with one attached hydrogen (secondary N) is 3. The van der Waals surface area contributed by atoms with Gasteiger partial charge >= 0.3 is 12.1 Å². The number of hydrogen-bond acceptors (Lipinski definition) is 9. The van der Waals surface area contributed by atoms with Gasteiger partial charge in [-0.1, -0.05) is 0 Å². The average molecular weight is 569 g/mol. The number of rotatable bonds is 16. The second-order valence-corrected chi connectivity index (χ2v) is 11.2. The SMILES string of the molecule is CC(C)(C)OC(=O)CCOCCC(=O)NCCCCC(NC(=O)OC(C)(C)C)C(=O)NCCN1C(=O)C=CC1=O. The van der Waals surface area contributed by atoms with Crippen molar-refractivity contribution in [2.75, 3.05) is 32.8 Å². The molecule has 5 amide bonds. The van der Waals surface area contributed by atoms with Gasteiger partial charge in [0.25, 0.3) is 11.8 Å². The van der Waals surface area contributed by atoms with Crippen LogP contribution < -0.4 is 16.0 Å². The van der Waals surface area contributed by atoms with E-state index in [-0.39, 0.29) is 57.4 Å². The summed E-state index contributed by atoms with van der Waals surface area (Å²) < 4.78 is 15.8. The largest absolute Gasteiger partial charge is 0.460 e. The number of carbonyl (C=O) groups excluding carboxylic acids is 6. The molecule has 0 bridgehead atoms. The summed E-state index contributed by atoms with van der Waals surface area (Å²) in [6, 6.07) is -0.910. The van der Waals surface area contributed by atoms with Crippen molar-refractivity contribution in [3.8, 4) is 0 Å². The number of esters is 1. The Labute approximate surface area is 235 Å². The number of unbranched alkanes of at least 4 members (excludes halogenated alkanes) is 1. The van der Waals surface area contributed by atoms with Crippen molar-refractivity contribution in [1.82, 2.24) is 20.9 Å². The van der Waals surface area contributed by atoms with E-state index in [9.17, 15) is 28.8 Å². The van der Waals surface area contributed by atoms with Crippen LogP contribution in [-0.2, 0) is 38.2 Å². The molecule has 0 aliphatic carbocycles. The van der Waals surface area contributed by atoms with Crippen molar-refractivity contribution in [3.63, 3.8) is 0 Å². The number of ether oxygens (including phenoxy) is 3. The Balaban J connectivity index is 2.36. The van der Waals surface area contributed by atoms with Crippen molar-refractivity contribution in [2.24, 2.45) is 0 Å². The molecule has 226 valence electrons. The Bertz CT molecular complexity index is 917. The smallest absolute Gasteiger partial charge is 0.408 e. The van der Waals surface area contributed by atoms with Crippen LogP contribution in [0.4, 0.5) is 4.79 Å². The summed E-state index contributed by atoms with van der Waals surface area (Å²) in [6.07, 6.45) is 3.15. The average Bonchev–Trinajstić information content (AvgIpc) is 3.12. The maximum atomic E-state index is 12.7. The Morgan fingerprint density at radius 2 is 1.43 bits per heavy atom. The van der Waals surface area contributed by atoms with E-state index in [4.69, 9.17) is 14.2 Å². The summed E-state index contributed by atoms with van der Waals surface area (Å²) in [5, 5.41) is 7.96. The number of imide groups is 1. The molecule has 40 heavy (non-hydrogen) atoms. The molecule has 1 aliphatic rings. The molecule has 13 nitrogen and oxygen atoms in total. The van der Waals surface area contributed by atoms with Gasteiger partial charge in [0.05, 0.1) is 19.6 Å². The first-order valence-corrected chi connectivity index (χ1v) is 13.4. The molecule has 1 unspecified atom stereocenters. The normalized spacial score (nSPS) is 14.1. The fourth-order valence-corrected chi connectivity index (χ4v) is 3.39. The van der Waals surface area contributed by atoms with E-state index >= 15 is 0 Å². The van der Waals surface area contributed by atoms with E-state index in [1.165, 1.54) is 0 Å². The molecule has 1 rings (SSSR count). The van der Waals surface area contributed by atoms with E-state index in [0.29, 0.717) is 19.4 Å². The second-order valence-electron chi connectivity index (χ2n) is 11.2. The molecular weight excluding hydrogens is 524 g/mol. The van der Waals surface area contributed by atoms with Gasteiger partial charge in [-0.15, -0.1) is 0 Å². The van der Waals surface area contributed by atoms with Gasteiger partial charge in [-0.2, -0.15) is 0 Å². The standard InChI is InChI=1S/C27H44N4O9/c1-26(2,3)39-23(35)13-18-38-17-12-20(32)28-14-8-7-9-19(30-25(37)40-27(4,5)6)24(36)29-15-16-31-21(33)10-11-22(31)34/h10-11,19H,7-9,12-18H2,1-6H3,(H,28,32)(H,29,36)(H,30,37). The molecule has 0 aromatic rings. The molecule has 0 saturated carbocycles. The highest BCUT2D eigenvalue weighted by molar-refractivity contribution is 6.12. The van der Waals surface area contributed by atoms with Crippen LogP contribution in [-0.4, -0.2) is 90.7 Å². The Kier molecular flexibility index (Phi) is 14.3. The zero-order valence-electron chi connectivity index (χ0n) is 24.4. The van der Waals surface area contributed by atoms with Gasteiger partial charge in [0.2, 0.25) is 11.8 Å². The van der Waals surface area contributed by atoms with Crippen molar-refractivity contribution in [1.29, 1.82) is 0 Å². The second kappa shape index (κ2) is 16.6. The van der Waals surface area contributed by atoms with Crippen LogP contribution in [0.25, 0.3) is 0 Å². The minimum Gasteiger partial charge on any atom is -0.460 e. The Morgan fingerprint density at radius 3 is 2.02 bits per heavy atom. The highest BCUT2D eigenvalue weighted by atomic mass is 16.6. The van der Waals surface area contributed by atoms with Gasteiger partial charge in [0.15, 0.2) is 0 Å². The summed E-state index contributed by atoms with van der Waals surface area (Å²) in [4.78, 5) is 72.9. The number of hydrogen-bond donors (Lipinski definition) is 3. The number of alkyl carbamates (subject to hydrolysis) is 1. The summed E-state index contributed by atoms with van der Waals surface area (Å²) in [7, 11) is 0. The zero-order valence-corrected chi connectivity index (χ0v) is 24.4. The first-order chi connectivity index (χ1) is 18.6. The zero-order chi connectivity index (χ0) is 30.3. The number of carbonyl (C=O) groups is 6. The third-order valence-electron chi connectivity index (χ3n) is 5.13. The summed E-state index contributed by atoms with van der Waals surface area (Å²) in [6.45, 7) is 11.2. The van der Waals surface area contributed by atoms with Crippen LogP contribution in [0.3, 0.4) is 0 Å². The van der Waals surface area contributed by atoms with Gasteiger partial charge in [-0.3, -0.25) is 28.9 Å². The molecular formula is C27H44N4O9. The molecule has 13 heteroatoms. The van der Waals surface area contributed by atoms with Gasteiger partial charge in [-0.05, 0) is 60.8 Å². The number of amides is 5. The highest BCUT2D eigenvalue weighted by Crippen LogP contribution is 2.10. The summed E-state index contributed by atoms with van der Waals surface area (Å²) >= 11 is 0. The molecule has 1 heterocycles. The maximum Gasteiger partial charge on any atom is 0.408 e. The van der Waals surface area contributed by atoms with Crippen LogP contribution in [0.2, 0.25) is 0 Å². The van der Waals surface area contributed by atoms with Crippen molar-refractivity contribution in [3.05, 3.63) is 12.2 Å². The predicted molar refractivity (Wildman–Crippen MR) is 145 cm³/mol. The molecule has 0 fully saturated rings. The minimum atomic E-state index is -0.910. The van der Waals surface area contributed by atoms with Crippen LogP contribution in [0.5, 0.6) is 0 Å². The summed E-state index contributed by atoms with van der Waals surface area (Å²) in [5.74, 6) is -1.95. The van der Waals surface area contributed by atoms with Gasteiger partial charge in [-0.25, -0.2) is 4.79 Å². The minimum absolute atomic E-state index is 0.00626. The van der Waals surface area contributed by atoms with E-state index in [1.807, 2.05) is 0 Å². The molecule has 1 aliphatic heterocycles. The van der Waals surface area contributed by atoms with Crippen molar-refractivity contribution in [2.45, 2.75) is 90.9 Å². The predicted octanol–water partition coefficient (Wildman–Crippen LogP) is 1.35. The van der Waals surface area contributed by atoms with Gasteiger partial charge in [0, 0.05) is 38.2 Å². The van der Waals surface area contributed by atoms with Crippen molar-refractivity contribution >= 4 is 35.7 Å². The van der Waals surface area contributed by atoms with E-state index < -0.39 is 41.1 Å². The fraction of sp³-hybridized carbons (Fsp3) is 0.704. The van der Waals surface area contributed by atoms with Crippen LogP contribution >= 0.6 is 0 Å². The fourth-order valence-electron chi connectivity index (χ4n) is 3.39.